The van der Waals surface area contributed by atoms with Gasteiger partial charge in [-0.25, -0.2) is 0 Å². The van der Waals surface area contributed by atoms with Gasteiger partial charge >= 0.3 is 0 Å². The molecule has 1 aromatic rings. The molecule has 3 aliphatic rings. The van der Waals surface area contributed by atoms with Crippen LogP contribution in [0.3, 0.4) is 0 Å². The molecule has 0 unspecified atom stereocenters. The summed E-state index contributed by atoms with van der Waals surface area (Å²) in [7, 11) is 1.40. The number of methoxy groups -OCH3 is 1. The Morgan fingerprint density at radius 2 is 1.79 bits per heavy atom. The monoisotopic (exact) mass is 403 g/mol. The van der Waals surface area contributed by atoms with E-state index in [1.165, 1.54) is 19.2 Å². The van der Waals surface area contributed by atoms with Gasteiger partial charge in [0, 0.05) is 5.02 Å². The maximum Gasteiger partial charge on any atom is 0.273 e. The molecule has 1 aliphatic heterocycles. The number of ether oxygens (including phenoxy) is 1. The molecule has 1 heterocycles. The summed E-state index contributed by atoms with van der Waals surface area (Å²) >= 11 is 5.89. The predicted octanol–water partition coefficient (Wildman–Crippen LogP) is 0.917. The molecule has 2 aliphatic carbocycles. The average molecular weight is 404 g/mol. The van der Waals surface area contributed by atoms with Gasteiger partial charge in [-0.15, -0.1) is 0 Å². The highest BCUT2D eigenvalue weighted by Crippen LogP contribution is 2.52. The number of hydrogen-bond acceptors (Lipinski definition) is 5. The number of allylic oxidation sites excluding steroid dienone is 2. The van der Waals surface area contributed by atoms with Crippen LogP contribution in [-0.2, 0) is 14.4 Å². The van der Waals surface area contributed by atoms with Crippen molar-refractivity contribution in [3.63, 3.8) is 0 Å². The molecule has 2 fully saturated rings. The maximum atomic E-state index is 12.6. The standard InChI is InChI=1S/C19H18ClN3O5/c1-28-13-5-4-11(20)7-12(13)17(25)22-21-14(24)8-23-18(26)15-9-2-3-10(6-9)16(15)19(23)27/h2-5,7,9-10,15-16H,6,8H2,1H3,(H,21,24)(H,22,25)/t9-,10+,15-,16+. The molecule has 0 aromatic heterocycles. The molecule has 1 saturated carbocycles. The highest BCUT2D eigenvalue weighted by molar-refractivity contribution is 6.31. The quantitative estimate of drug-likeness (QED) is 0.442. The Bertz CT molecular complexity index is 885. The lowest BCUT2D eigenvalue weighted by molar-refractivity contribution is -0.144. The van der Waals surface area contributed by atoms with Crippen molar-refractivity contribution in [3.8, 4) is 5.75 Å². The highest BCUT2D eigenvalue weighted by atomic mass is 35.5. The normalized spacial score (nSPS) is 27.1. The van der Waals surface area contributed by atoms with E-state index in [1.807, 2.05) is 12.2 Å². The molecule has 2 bridgehead atoms. The largest absolute Gasteiger partial charge is 0.496 e. The summed E-state index contributed by atoms with van der Waals surface area (Å²) in [6, 6.07) is 4.50. The van der Waals surface area contributed by atoms with Crippen LogP contribution in [0.25, 0.3) is 0 Å². The van der Waals surface area contributed by atoms with Gasteiger partial charge in [-0.2, -0.15) is 0 Å². The van der Waals surface area contributed by atoms with Crippen molar-refractivity contribution in [1.82, 2.24) is 15.8 Å². The fourth-order valence-corrected chi connectivity index (χ4v) is 4.53. The minimum absolute atomic E-state index is 0.0782. The zero-order valence-electron chi connectivity index (χ0n) is 15.0. The van der Waals surface area contributed by atoms with Crippen LogP contribution in [0.15, 0.2) is 30.4 Å². The second-order valence-electron chi connectivity index (χ2n) is 7.11. The number of imide groups is 1. The summed E-state index contributed by atoms with van der Waals surface area (Å²) in [5.41, 5.74) is 4.61. The first-order valence-corrected chi connectivity index (χ1v) is 9.24. The Labute approximate surface area is 165 Å². The van der Waals surface area contributed by atoms with Gasteiger partial charge in [0.2, 0.25) is 11.8 Å². The molecule has 4 amide bonds. The number of fused-ring (bicyclic) bond motifs is 5. The van der Waals surface area contributed by atoms with Gasteiger partial charge in [0.25, 0.3) is 11.8 Å². The third kappa shape index (κ3) is 2.93. The fourth-order valence-electron chi connectivity index (χ4n) is 4.35. The minimum Gasteiger partial charge on any atom is -0.496 e. The lowest BCUT2D eigenvalue weighted by atomic mass is 9.85. The second-order valence-corrected chi connectivity index (χ2v) is 7.55. The van der Waals surface area contributed by atoms with Gasteiger partial charge in [-0.3, -0.25) is 34.9 Å². The number of carbonyl (C=O) groups excluding carboxylic acids is 4. The molecule has 2 N–H and O–H groups in total. The lowest BCUT2D eigenvalue weighted by Gasteiger charge is -2.17. The van der Waals surface area contributed by atoms with Crippen LogP contribution < -0.4 is 15.6 Å². The summed E-state index contributed by atoms with van der Waals surface area (Å²) in [4.78, 5) is 50.6. The van der Waals surface area contributed by atoms with Crippen molar-refractivity contribution >= 4 is 35.2 Å². The van der Waals surface area contributed by atoms with E-state index in [9.17, 15) is 19.2 Å². The highest BCUT2D eigenvalue weighted by Gasteiger charge is 2.59. The zero-order chi connectivity index (χ0) is 20.0. The van der Waals surface area contributed by atoms with E-state index in [0.29, 0.717) is 5.02 Å². The van der Waals surface area contributed by atoms with E-state index in [2.05, 4.69) is 10.9 Å². The second kappa shape index (κ2) is 6.94. The van der Waals surface area contributed by atoms with E-state index in [1.54, 1.807) is 6.07 Å². The Kier molecular flexibility index (Phi) is 4.58. The molecule has 9 heteroatoms. The Morgan fingerprint density at radius 3 is 2.39 bits per heavy atom. The number of likely N-dealkylation sites (tertiary alicyclic amines) is 1. The summed E-state index contributed by atoms with van der Waals surface area (Å²) in [6.07, 6.45) is 4.79. The molecule has 146 valence electrons. The summed E-state index contributed by atoms with van der Waals surface area (Å²) in [5, 5.41) is 0.334. The molecule has 28 heavy (non-hydrogen) atoms. The van der Waals surface area contributed by atoms with E-state index in [4.69, 9.17) is 16.3 Å². The number of nitrogens with zero attached hydrogens (tertiary/aromatic N) is 1. The molecule has 4 atom stereocenters. The smallest absolute Gasteiger partial charge is 0.273 e. The van der Waals surface area contributed by atoms with Crippen molar-refractivity contribution < 1.29 is 23.9 Å². The summed E-state index contributed by atoms with van der Waals surface area (Å²) in [6.45, 7) is -0.433. The molecule has 8 nitrogen and oxygen atoms in total. The first-order valence-electron chi connectivity index (χ1n) is 8.87. The van der Waals surface area contributed by atoms with Crippen molar-refractivity contribution in [2.75, 3.05) is 13.7 Å². The van der Waals surface area contributed by atoms with Crippen LogP contribution in [0.2, 0.25) is 5.02 Å². The van der Waals surface area contributed by atoms with Gasteiger partial charge in [0.15, 0.2) is 0 Å². The number of hydrogen-bond donors (Lipinski definition) is 2. The summed E-state index contributed by atoms with van der Waals surface area (Å²) in [5.74, 6) is -2.21. The minimum atomic E-state index is -0.670. The van der Waals surface area contributed by atoms with Crippen LogP contribution in [0, 0.1) is 23.7 Å². The number of nitrogens with one attached hydrogen (secondary N) is 2. The third-order valence-electron chi connectivity index (χ3n) is 5.58. The Balaban J connectivity index is 1.37. The number of halogens is 1. The molecule has 1 aromatic carbocycles. The number of benzene rings is 1. The van der Waals surface area contributed by atoms with Gasteiger partial charge in [-0.05, 0) is 36.5 Å². The molecular formula is C19H18ClN3O5. The fraction of sp³-hybridized carbons (Fsp3) is 0.368. The van der Waals surface area contributed by atoms with Gasteiger partial charge in [0.1, 0.15) is 12.3 Å². The van der Waals surface area contributed by atoms with Crippen molar-refractivity contribution in [1.29, 1.82) is 0 Å². The van der Waals surface area contributed by atoms with Crippen LogP contribution in [0.4, 0.5) is 0 Å². The Morgan fingerprint density at radius 1 is 1.14 bits per heavy atom. The Hall–Kier alpha value is -2.87. The van der Waals surface area contributed by atoms with Crippen molar-refractivity contribution in [2.24, 2.45) is 23.7 Å². The van der Waals surface area contributed by atoms with Crippen LogP contribution in [-0.4, -0.2) is 42.2 Å². The topological polar surface area (TPSA) is 105 Å². The molecule has 0 radical (unpaired) electrons. The van der Waals surface area contributed by atoms with Crippen LogP contribution in [0.5, 0.6) is 5.75 Å². The van der Waals surface area contributed by atoms with E-state index < -0.39 is 18.4 Å². The van der Waals surface area contributed by atoms with Crippen molar-refractivity contribution in [2.45, 2.75) is 6.42 Å². The van der Waals surface area contributed by atoms with Gasteiger partial charge in [0.05, 0.1) is 24.5 Å². The zero-order valence-corrected chi connectivity index (χ0v) is 15.7. The maximum absolute atomic E-state index is 12.6. The number of carbonyl (C=O) groups is 4. The number of hydrazine groups is 1. The number of rotatable bonds is 4. The van der Waals surface area contributed by atoms with Gasteiger partial charge < -0.3 is 4.74 Å². The molecule has 4 rings (SSSR count). The van der Waals surface area contributed by atoms with Crippen molar-refractivity contribution in [3.05, 3.63) is 40.9 Å². The van der Waals surface area contributed by atoms with E-state index in [0.717, 1.165) is 11.3 Å². The predicted molar refractivity (Wildman–Crippen MR) is 98.0 cm³/mol. The van der Waals surface area contributed by atoms with Crippen LogP contribution in [0.1, 0.15) is 16.8 Å². The molecule has 1 saturated heterocycles. The SMILES string of the molecule is COc1ccc(Cl)cc1C(=O)NNC(=O)CN1C(=O)[C@@H]2[C@H](C1=O)[C@@H]1C=C[C@H]2C1. The molecule has 0 spiro atoms. The van der Waals surface area contributed by atoms with E-state index >= 15 is 0 Å². The first kappa shape index (κ1) is 18.5. The lowest BCUT2D eigenvalue weighted by Crippen LogP contribution is -2.48. The molecular weight excluding hydrogens is 386 g/mol. The number of amides is 4. The first-order chi connectivity index (χ1) is 13.4. The third-order valence-corrected chi connectivity index (χ3v) is 5.82. The summed E-state index contributed by atoms with van der Waals surface area (Å²) < 4.78 is 5.10. The van der Waals surface area contributed by atoms with Crippen LogP contribution >= 0.6 is 11.6 Å². The van der Waals surface area contributed by atoms with E-state index in [-0.39, 0.29) is 46.8 Å². The van der Waals surface area contributed by atoms with Gasteiger partial charge in [-0.1, -0.05) is 23.8 Å². The average Bonchev–Trinajstić information content (AvgIpc) is 3.36.